The lowest BCUT2D eigenvalue weighted by molar-refractivity contribution is 0.0697. The zero-order valence-electron chi connectivity index (χ0n) is 8.88. The number of aromatic nitrogens is 1. The highest BCUT2D eigenvalue weighted by molar-refractivity contribution is 7.09. The number of hydrogen-bond donors (Lipinski definition) is 3. The van der Waals surface area contributed by atoms with Gasteiger partial charge in [0.15, 0.2) is 0 Å². The van der Waals surface area contributed by atoms with E-state index in [9.17, 15) is 4.79 Å². The first kappa shape index (κ1) is 11.4. The van der Waals surface area contributed by atoms with Crippen molar-refractivity contribution in [2.45, 2.75) is 6.54 Å². The topological polar surface area (TPSA) is 88.2 Å². The van der Waals surface area contributed by atoms with Crippen LogP contribution in [0.4, 0.5) is 11.5 Å². The number of nitrogens with zero attached hydrogens (tertiary/aromatic N) is 1. The van der Waals surface area contributed by atoms with Crippen molar-refractivity contribution in [2.75, 3.05) is 11.1 Å². The van der Waals surface area contributed by atoms with E-state index in [4.69, 9.17) is 10.8 Å². The molecule has 0 fully saturated rings. The lowest BCUT2D eigenvalue weighted by atomic mass is 10.2. The van der Waals surface area contributed by atoms with Gasteiger partial charge in [-0.05, 0) is 17.5 Å². The van der Waals surface area contributed by atoms with Crippen LogP contribution in [0.25, 0.3) is 0 Å². The molecule has 0 bridgehead atoms. The number of anilines is 2. The van der Waals surface area contributed by atoms with Gasteiger partial charge in [0.2, 0.25) is 0 Å². The van der Waals surface area contributed by atoms with E-state index in [0.717, 1.165) is 4.88 Å². The average molecular weight is 249 g/mol. The Morgan fingerprint density at radius 1 is 1.59 bits per heavy atom. The summed E-state index contributed by atoms with van der Waals surface area (Å²) in [5.41, 5.74) is 5.93. The number of carboxylic acid groups (broad SMARTS) is 1. The second kappa shape index (κ2) is 4.84. The predicted molar refractivity (Wildman–Crippen MR) is 67.3 cm³/mol. The number of aromatic carboxylic acids is 1. The molecule has 2 rings (SSSR count). The van der Waals surface area contributed by atoms with Crippen LogP contribution >= 0.6 is 11.3 Å². The maximum Gasteiger partial charge on any atom is 0.339 e. The number of nitrogens with one attached hydrogen (secondary N) is 1. The third-order valence-corrected chi connectivity index (χ3v) is 3.03. The lowest BCUT2D eigenvalue weighted by Gasteiger charge is -2.07. The minimum Gasteiger partial charge on any atom is -0.478 e. The first-order valence-electron chi connectivity index (χ1n) is 4.92. The van der Waals surface area contributed by atoms with E-state index < -0.39 is 5.97 Å². The smallest absolute Gasteiger partial charge is 0.339 e. The molecule has 0 aliphatic heterocycles. The molecule has 0 aliphatic carbocycles. The van der Waals surface area contributed by atoms with E-state index in [1.54, 1.807) is 11.3 Å². The number of thiophene rings is 1. The van der Waals surface area contributed by atoms with Crippen molar-refractivity contribution < 1.29 is 9.90 Å². The number of hydrogen-bond acceptors (Lipinski definition) is 5. The molecule has 0 spiro atoms. The molecule has 2 aromatic heterocycles. The van der Waals surface area contributed by atoms with Gasteiger partial charge in [-0.25, -0.2) is 9.78 Å². The molecule has 0 aliphatic rings. The fourth-order valence-corrected chi connectivity index (χ4v) is 2.01. The van der Waals surface area contributed by atoms with Gasteiger partial charge in [-0.15, -0.1) is 11.3 Å². The van der Waals surface area contributed by atoms with Gasteiger partial charge < -0.3 is 16.2 Å². The number of carboxylic acids is 1. The predicted octanol–water partition coefficient (Wildman–Crippen LogP) is 2.04. The van der Waals surface area contributed by atoms with Crippen LogP contribution in [0.1, 0.15) is 15.2 Å². The van der Waals surface area contributed by atoms with Gasteiger partial charge in [0.05, 0.1) is 18.4 Å². The lowest BCUT2D eigenvalue weighted by Crippen LogP contribution is -2.08. The molecule has 0 aromatic carbocycles. The van der Waals surface area contributed by atoms with Gasteiger partial charge in [-0.1, -0.05) is 6.07 Å². The van der Waals surface area contributed by atoms with Crippen LogP contribution in [-0.2, 0) is 6.54 Å². The van der Waals surface area contributed by atoms with Gasteiger partial charge in [-0.2, -0.15) is 0 Å². The second-order valence-electron chi connectivity index (χ2n) is 3.40. The van der Waals surface area contributed by atoms with Crippen LogP contribution in [-0.4, -0.2) is 16.1 Å². The van der Waals surface area contributed by atoms with Crippen molar-refractivity contribution in [1.29, 1.82) is 0 Å². The number of pyridine rings is 1. The SMILES string of the molecule is Nc1cnc(NCc2cccs2)c(C(=O)O)c1. The summed E-state index contributed by atoms with van der Waals surface area (Å²) in [5.74, 6) is -0.710. The summed E-state index contributed by atoms with van der Waals surface area (Å²) in [5, 5.41) is 14.0. The number of nitrogens with two attached hydrogens (primary N) is 1. The second-order valence-corrected chi connectivity index (χ2v) is 4.44. The Balaban J connectivity index is 2.17. The summed E-state index contributed by atoms with van der Waals surface area (Å²) in [6.45, 7) is 0.550. The Labute approximate surface area is 102 Å². The molecule has 88 valence electrons. The summed E-state index contributed by atoms with van der Waals surface area (Å²) >= 11 is 1.60. The van der Waals surface area contributed by atoms with Crippen molar-refractivity contribution in [3.05, 3.63) is 40.2 Å². The normalized spacial score (nSPS) is 10.1. The van der Waals surface area contributed by atoms with Crippen molar-refractivity contribution >= 4 is 28.8 Å². The summed E-state index contributed by atoms with van der Waals surface area (Å²) in [7, 11) is 0. The van der Waals surface area contributed by atoms with Gasteiger partial charge in [-0.3, -0.25) is 0 Å². The van der Waals surface area contributed by atoms with E-state index in [0.29, 0.717) is 18.1 Å². The first-order chi connectivity index (χ1) is 8.16. The zero-order valence-corrected chi connectivity index (χ0v) is 9.70. The van der Waals surface area contributed by atoms with Crippen molar-refractivity contribution in [2.24, 2.45) is 0 Å². The molecular formula is C11H11N3O2S. The third-order valence-electron chi connectivity index (χ3n) is 2.15. The molecule has 4 N–H and O–H groups in total. The monoisotopic (exact) mass is 249 g/mol. The largest absolute Gasteiger partial charge is 0.478 e. The van der Waals surface area contributed by atoms with Crippen molar-refractivity contribution in [3.63, 3.8) is 0 Å². The maximum absolute atomic E-state index is 11.0. The van der Waals surface area contributed by atoms with Crippen LogP contribution < -0.4 is 11.1 Å². The minimum absolute atomic E-state index is 0.0848. The third kappa shape index (κ3) is 2.73. The van der Waals surface area contributed by atoms with Crippen molar-refractivity contribution in [3.8, 4) is 0 Å². The van der Waals surface area contributed by atoms with Gasteiger partial charge >= 0.3 is 5.97 Å². The Hall–Kier alpha value is -2.08. The molecule has 0 saturated carbocycles. The molecule has 6 heteroatoms. The summed E-state index contributed by atoms with van der Waals surface area (Å²) in [6.07, 6.45) is 1.43. The van der Waals surface area contributed by atoms with E-state index >= 15 is 0 Å². The van der Waals surface area contributed by atoms with Crippen LogP contribution in [0.15, 0.2) is 29.8 Å². The number of nitrogen functional groups attached to an aromatic ring is 1. The zero-order chi connectivity index (χ0) is 12.3. The molecule has 17 heavy (non-hydrogen) atoms. The molecule has 5 nitrogen and oxygen atoms in total. The Morgan fingerprint density at radius 3 is 3.06 bits per heavy atom. The fraction of sp³-hybridized carbons (Fsp3) is 0.0909. The van der Waals surface area contributed by atoms with Crippen LogP contribution in [0.5, 0.6) is 0 Å². The van der Waals surface area contributed by atoms with Gasteiger partial charge in [0.25, 0.3) is 0 Å². The average Bonchev–Trinajstić information content (AvgIpc) is 2.80. The van der Waals surface area contributed by atoms with Crippen LogP contribution in [0.2, 0.25) is 0 Å². The minimum atomic E-state index is -1.04. The van der Waals surface area contributed by atoms with Gasteiger partial charge in [0.1, 0.15) is 11.4 Å². The highest BCUT2D eigenvalue weighted by Crippen LogP contribution is 2.17. The summed E-state index contributed by atoms with van der Waals surface area (Å²) in [4.78, 5) is 16.1. The van der Waals surface area contributed by atoms with Crippen LogP contribution in [0, 0.1) is 0 Å². The van der Waals surface area contributed by atoms with Crippen LogP contribution in [0.3, 0.4) is 0 Å². The van der Waals surface area contributed by atoms with E-state index in [1.807, 2.05) is 17.5 Å². The molecule has 0 saturated heterocycles. The van der Waals surface area contributed by atoms with E-state index in [2.05, 4.69) is 10.3 Å². The molecule has 2 aromatic rings. The molecule has 0 atom stereocenters. The first-order valence-corrected chi connectivity index (χ1v) is 5.80. The molecule has 0 amide bonds. The van der Waals surface area contributed by atoms with Crippen molar-refractivity contribution in [1.82, 2.24) is 4.98 Å². The Kier molecular flexibility index (Phi) is 3.24. The molecular weight excluding hydrogens is 238 g/mol. The summed E-state index contributed by atoms with van der Waals surface area (Å²) in [6, 6.07) is 5.30. The molecule has 2 heterocycles. The number of carbonyl (C=O) groups is 1. The van der Waals surface area contributed by atoms with Gasteiger partial charge in [0, 0.05) is 4.88 Å². The summed E-state index contributed by atoms with van der Waals surface area (Å²) < 4.78 is 0. The molecule has 0 unspecified atom stereocenters. The fourth-order valence-electron chi connectivity index (χ4n) is 1.37. The maximum atomic E-state index is 11.0. The highest BCUT2D eigenvalue weighted by atomic mass is 32.1. The van der Waals surface area contributed by atoms with E-state index in [1.165, 1.54) is 12.3 Å². The highest BCUT2D eigenvalue weighted by Gasteiger charge is 2.11. The quantitative estimate of drug-likeness (QED) is 0.771. The number of rotatable bonds is 4. The standard InChI is InChI=1S/C11H11N3O2S/c12-7-4-9(11(15)16)10(13-5-7)14-6-8-2-1-3-17-8/h1-5H,6,12H2,(H,13,14)(H,15,16). The Bertz CT molecular complexity index is 526. The Morgan fingerprint density at radius 2 is 2.41 bits per heavy atom. The van der Waals surface area contributed by atoms with E-state index in [-0.39, 0.29) is 5.56 Å². The molecule has 0 radical (unpaired) electrons.